The summed E-state index contributed by atoms with van der Waals surface area (Å²) in [4.78, 5) is 18.5. The van der Waals surface area contributed by atoms with Crippen LogP contribution in [0.5, 0.6) is 5.75 Å². The van der Waals surface area contributed by atoms with Crippen LogP contribution in [0.3, 0.4) is 0 Å². The van der Waals surface area contributed by atoms with Gasteiger partial charge < -0.3 is 25.3 Å². The molecule has 29 heavy (non-hydrogen) atoms. The summed E-state index contributed by atoms with van der Waals surface area (Å²) < 4.78 is 5.78. The average molecular weight is 404 g/mol. The number of amidine groups is 1. The van der Waals surface area contributed by atoms with E-state index >= 15 is 0 Å². The highest BCUT2D eigenvalue weighted by Gasteiger charge is 2.21. The lowest BCUT2D eigenvalue weighted by Crippen LogP contribution is -2.33. The van der Waals surface area contributed by atoms with Crippen molar-refractivity contribution in [1.29, 1.82) is 0 Å². The van der Waals surface area contributed by atoms with Crippen LogP contribution in [0.15, 0.2) is 35.8 Å². The van der Waals surface area contributed by atoms with E-state index in [0.29, 0.717) is 35.4 Å². The molecule has 0 spiro atoms. The highest BCUT2D eigenvalue weighted by molar-refractivity contribution is 5.89. The fourth-order valence-electron chi connectivity index (χ4n) is 3.27. The van der Waals surface area contributed by atoms with E-state index in [1.807, 2.05) is 13.8 Å². The van der Waals surface area contributed by atoms with Crippen LogP contribution in [0.2, 0.25) is 0 Å². The number of nitrogens with two attached hydrogens (primary N) is 1. The third-order valence-corrected chi connectivity index (χ3v) is 5.27. The number of carboxylic acids is 1. The highest BCUT2D eigenvalue weighted by atomic mass is 16.6. The number of hydrogen-bond acceptors (Lipinski definition) is 5. The second-order valence-corrected chi connectivity index (χ2v) is 7.86. The molecular formula is C22H33N3O4. The molecule has 0 radical (unpaired) electrons. The fraction of sp³-hybridized carbons (Fsp3) is 0.545. The molecule has 1 aromatic carbocycles. The minimum atomic E-state index is -0.913. The van der Waals surface area contributed by atoms with Crippen molar-refractivity contribution in [2.75, 3.05) is 19.7 Å². The number of hydrogen-bond donors (Lipinski definition) is 2. The molecule has 160 valence electrons. The summed E-state index contributed by atoms with van der Waals surface area (Å²) in [7, 11) is 0. The molecule has 1 saturated heterocycles. The second kappa shape index (κ2) is 10.7. The molecule has 0 atom stereocenters. The first-order valence-electron chi connectivity index (χ1n) is 10.2. The lowest BCUT2D eigenvalue weighted by atomic mass is 9.92. The molecule has 0 bridgehead atoms. The van der Waals surface area contributed by atoms with Gasteiger partial charge >= 0.3 is 5.97 Å². The summed E-state index contributed by atoms with van der Waals surface area (Å²) in [5, 5.41) is 13.0. The average Bonchev–Trinajstić information content (AvgIpc) is 2.69. The SMILES string of the molecule is C=C(O/N=C(\N)C(C)C)N1CCC(CCCOc2ccc(C(=O)O)c(C)c2)CC1. The Morgan fingerprint density at radius 2 is 2.07 bits per heavy atom. The van der Waals surface area contributed by atoms with Crippen molar-refractivity contribution in [2.45, 2.75) is 46.5 Å². The monoisotopic (exact) mass is 403 g/mol. The van der Waals surface area contributed by atoms with Gasteiger partial charge in [-0.3, -0.25) is 0 Å². The maximum atomic E-state index is 11.1. The largest absolute Gasteiger partial charge is 0.494 e. The molecule has 0 aromatic heterocycles. The summed E-state index contributed by atoms with van der Waals surface area (Å²) in [6, 6.07) is 5.09. The van der Waals surface area contributed by atoms with Gasteiger partial charge in [0.2, 0.25) is 5.88 Å². The zero-order chi connectivity index (χ0) is 21.4. The van der Waals surface area contributed by atoms with Crippen molar-refractivity contribution in [2.24, 2.45) is 22.7 Å². The van der Waals surface area contributed by atoms with Crippen molar-refractivity contribution in [3.63, 3.8) is 0 Å². The number of aryl methyl sites for hydroxylation is 1. The van der Waals surface area contributed by atoms with Gasteiger partial charge in [-0.2, -0.15) is 0 Å². The smallest absolute Gasteiger partial charge is 0.335 e. The highest BCUT2D eigenvalue weighted by Crippen LogP contribution is 2.25. The van der Waals surface area contributed by atoms with Crippen molar-refractivity contribution in [3.05, 3.63) is 41.8 Å². The Kier molecular flexibility index (Phi) is 8.36. The lowest BCUT2D eigenvalue weighted by Gasteiger charge is -2.33. The molecule has 1 aliphatic rings. The number of oxime groups is 1. The quantitative estimate of drug-likeness (QED) is 0.202. The van der Waals surface area contributed by atoms with E-state index in [-0.39, 0.29) is 5.92 Å². The maximum Gasteiger partial charge on any atom is 0.335 e. The van der Waals surface area contributed by atoms with Gasteiger partial charge in [-0.05, 0) is 68.9 Å². The first-order chi connectivity index (χ1) is 13.8. The third-order valence-electron chi connectivity index (χ3n) is 5.27. The molecule has 7 heteroatoms. The minimum Gasteiger partial charge on any atom is -0.494 e. The normalized spacial score (nSPS) is 15.4. The van der Waals surface area contributed by atoms with E-state index in [9.17, 15) is 4.79 Å². The molecule has 3 N–H and O–H groups in total. The number of rotatable bonds is 10. The van der Waals surface area contributed by atoms with Crippen LogP contribution in [0, 0.1) is 18.8 Å². The van der Waals surface area contributed by atoms with Gasteiger partial charge in [0, 0.05) is 19.0 Å². The number of carbonyl (C=O) groups is 1. The topological polar surface area (TPSA) is 97.4 Å². The van der Waals surface area contributed by atoms with Crippen LogP contribution in [-0.2, 0) is 4.84 Å². The summed E-state index contributed by atoms with van der Waals surface area (Å²) in [6.45, 7) is 12.1. The molecule has 1 heterocycles. The lowest BCUT2D eigenvalue weighted by molar-refractivity contribution is 0.0696. The Bertz CT molecular complexity index is 738. The molecule has 1 fully saturated rings. The van der Waals surface area contributed by atoms with Crippen LogP contribution >= 0.6 is 0 Å². The standard InChI is InChI=1S/C22H33N3O4/c1-15(2)21(23)24-29-17(4)25-11-9-18(10-12-25)6-5-13-28-19-7-8-20(22(26)27)16(3)14-19/h7-8,14-15,18H,4-6,9-13H2,1-3H3,(H2,23,24)(H,26,27). The Balaban J connectivity index is 1.66. The predicted molar refractivity (Wildman–Crippen MR) is 114 cm³/mol. The van der Waals surface area contributed by atoms with Gasteiger partial charge in [-0.25, -0.2) is 4.79 Å². The number of likely N-dealkylation sites (tertiary alicyclic amines) is 1. The molecule has 0 saturated carbocycles. The number of benzene rings is 1. The zero-order valence-electron chi connectivity index (χ0n) is 17.7. The van der Waals surface area contributed by atoms with Gasteiger partial charge in [0.1, 0.15) is 11.6 Å². The number of piperidine rings is 1. The minimum absolute atomic E-state index is 0.148. The Morgan fingerprint density at radius 3 is 2.66 bits per heavy atom. The Morgan fingerprint density at radius 1 is 1.38 bits per heavy atom. The molecule has 1 aliphatic heterocycles. The number of aromatic carboxylic acids is 1. The van der Waals surface area contributed by atoms with Crippen LogP contribution < -0.4 is 10.5 Å². The summed E-state index contributed by atoms with van der Waals surface area (Å²) in [6.07, 6.45) is 4.24. The van der Waals surface area contributed by atoms with Crippen molar-refractivity contribution < 1.29 is 19.5 Å². The van der Waals surface area contributed by atoms with E-state index in [2.05, 4.69) is 16.6 Å². The Hall–Kier alpha value is -2.70. The van der Waals surface area contributed by atoms with E-state index in [1.54, 1.807) is 25.1 Å². The number of ether oxygens (including phenoxy) is 1. The van der Waals surface area contributed by atoms with E-state index in [1.165, 1.54) is 0 Å². The van der Waals surface area contributed by atoms with Crippen LogP contribution in [-0.4, -0.2) is 41.5 Å². The van der Waals surface area contributed by atoms with Gasteiger partial charge in [-0.15, -0.1) is 0 Å². The summed E-state index contributed by atoms with van der Waals surface area (Å²) in [5.74, 6) is 1.63. The maximum absolute atomic E-state index is 11.1. The first kappa shape index (κ1) is 22.6. The molecule has 0 amide bonds. The van der Waals surface area contributed by atoms with Crippen molar-refractivity contribution >= 4 is 11.8 Å². The van der Waals surface area contributed by atoms with Crippen molar-refractivity contribution in [1.82, 2.24) is 4.90 Å². The predicted octanol–water partition coefficient (Wildman–Crippen LogP) is 3.98. The van der Waals surface area contributed by atoms with Crippen LogP contribution in [0.1, 0.15) is 55.5 Å². The van der Waals surface area contributed by atoms with E-state index in [4.69, 9.17) is 20.4 Å². The van der Waals surface area contributed by atoms with Gasteiger partial charge in [-0.1, -0.05) is 19.0 Å². The van der Waals surface area contributed by atoms with Gasteiger partial charge in [0.25, 0.3) is 0 Å². The molecule has 1 aromatic rings. The van der Waals surface area contributed by atoms with Crippen LogP contribution in [0.25, 0.3) is 0 Å². The molecule has 2 rings (SSSR count). The molecular weight excluding hydrogens is 370 g/mol. The number of nitrogens with zero attached hydrogens (tertiary/aromatic N) is 2. The fourth-order valence-corrected chi connectivity index (χ4v) is 3.27. The number of carboxylic acid groups (broad SMARTS) is 1. The first-order valence-corrected chi connectivity index (χ1v) is 10.2. The van der Waals surface area contributed by atoms with E-state index < -0.39 is 5.97 Å². The van der Waals surface area contributed by atoms with Crippen LogP contribution in [0.4, 0.5) is 0 Å². The zero-order valence-corrected chi connectivity index (χ0v) is 17.7. The second-order valence-electron chi connectivity index (χ2n) is 7.86. The molecule has 0 unspecified atom stereocenters. The van der Waals surface area contributed by atoms with Crippen molar-refractivity contribution in [3.8, 4) is 5.75 Å². The van der Waals surface area contributed by atoms with Gasteiger partial charge in [0.05, 0.1) is 12.2 Å². The van der Waals surface area contributed by atoms with E-state index in [0.717, 1.165) is 44.5 Å². The third kappa shape index (κ3) is 7.00. The summed E-state index contributed by atoms with van der Waals surface area (Å²) in [5.41, 5.74) is 6.81. The van der Waals surface area contributed by atoms with Gasteiger partial charge in [0.15, 0.2) is 0 Å². The summed E-state index contributed by atoms with van der Waals surface area (Å²) >= 11 is 0. The Labute approximate surface area is 173 Å². The molecule has 0 aliphatic carbocycles. The molecule has 7 nitrogen and oxygen atoms in total.